The van der Waals surface area contributed by atoms with E-state index in [9.17, 15) is 9.59 Å². The Morgan fingerprint density at radius 2 is 1.66 bits per heavy atom. The second kappa shape index (κ2) is 7.87. The quantitative estimate of drug-likeness (QED) is 0.635. The maximum absolute atomic E-state index is 13.1. The standard InChI is InChI=1S/C22H21N3O4/c1-14-23-20(29-24-14)19-13-25(12-18(19)15-6-4-3-5-7-15)21(26)16-8-10-17(11-9-16)22(27)28-2/h3-11,18-19H,12-13H2,1-2H3/t18-,19-/m0/s1. The molecule has 0 N–H and O–H groups in total. The number of ether oxygens (including phenoxy) is 1. The van der Waals surface area contributed by atoms with Crippen molar-refractivity contribution in [1.82, 2.24) is 15.0 Å². The molecule has 0 bridgehead atoms. The lowest BCUT2D eigenvalue weighted by Crippen LogP contribution is -2.28. The predicted molar refractivity (Wildman–Crippen MR) is 105 cm³/mol. The third-order valence-electron chi connectivity index (χ3n) is 5.25. The van der Waals surface area contributed by atoms with Gasteiger partial charge in [0.1, 0.15) is 0 Å². The largest absolute Gasteiger partial charge is 0.465 e. The summed E-state index contributed by atoms with van der Waals surface area (Å²) in [5.74, 6) is 0.594. The zero-order chi connectivity index (χ0) is 20.4. The van der Waals surface area contributed by atoms with Crippen LogP contribution < -0.4 is 0 Å². The number of likely N-dealkylation sites (tertiary alicyclic amines) is 1. The first-order chi connectivity index (χ1) is 14.1. The molecule has 1 aliphatic rings. The number of rotatable bonds is 4. The molecule has 1 saturated heterocycles. The Morgan fingerprint density at radius 1 is 1.00 bits per heavy atom. The van der Waals surface area contributed by atoms with Gasteiger partial charge in [-0.05, 0) is 36.8 Å². The number of carbonyl (C=O) groups excluding carboxylic acids is 2. The number of benzene rings is 2. The third-order valence-corrected chi connectivity index (χ3v) is 5.25. The lowest BCUT2D eigenvalue weighted by Gasteiger charge is -2.17. The zero-order valence-corrected chi connectivity index (χ0v) is 16.2. The molecule has 1 fully saturated rings. The highest BCUT2D eigenvalue weighted by molar-refractivity contribution is 5.96. The molecule has 2 heterocycles. The molecule has 2 aromatic carbocycles. The number of hydrogen-bond donors (Lipinski definition) is 0. The fourth-order valence-electron chi connectivity index (χ4n) is 3.77. The van der Waals surface area contributed by atoms with Crippen LogP contribution in [0.5, 0.6) is 0 Å². The normalized spacial score (nSPS) is 18.6. The SMILES string of the molecule is COC(=O)c1ccc(C(=O)N2C[C@H](c3nc(C)no3)[C@H](c3ccccc3)C2)cc1. The van der Waals surface area contributed by atoms with Gasteiger partial charge in [0.15, 0.2) is 5.82 Å². The van der Waals surface area contributed by atoms with Crippen LogP contribution in [0.15, 0.2) is 59.1 Å². The molecule has 1 amide bonds. The summed E-state index contributed by atoms with van der Waals surface area (Å²) in [6.45, 7) is 2.82. The van der Waals surface area contributed by atoms with E-state index in [-0.39, 0.29) is 17.7 Å². The molecule has 4 rings (SSSR count). The minimum absolute atomic E-state index is 0.0642. The zero-order valence-electron chi connectivity index (χ0n) is 16.2. The number of hydrogen-bond acceptors (Lipinski definition) is 6. The highest BCUT2D eigenvalue weighted by atomic mass is 16.5. The summed E-state index contributed by atoms with van der Waals surface area (Å²) in [7, 11) is 1.33. The molecule has 7 nitrogen and oxygen atoms in total. The van der Waals surface area contributed by atoms with Crippen LogP contribution in [0.2, 0.25) is 0 Å². The van der Waals surface area contributed by atoms with Crippen molar-refractivity contribution in [1.29, 1.82) is 0 Å². The summed E-state index contributed by atoms with van der Waals surface area (Å²) in [6, 6.07) is 16.6. The Bertz CT molecular complexity index is 1010. The van der Waals surface area contributed by atoms with Gasteiger partial charge in [0.2, 0.25) is 5.89 Å². The highest BCUT2D eigenvalue weighted by Crippen LogP contribution is 2.39. The van der Waals surface area contributed by atoms with Gasteiger partial charge in [0.05, 0.1) is 18.6 Å². The van der Waals surface area contributed by atoms with Crippen molar-refractivity contribution < 1.29 is 18.8 Å². The van der Waals surface area contributed by atoms with Crippen LogP contribution in [0, 0.1) is 6.92 Å². The van der Waals surface area contributed by atoms with Gasteiger partial charge in [-0.3, -0.25) is 4.79 Å². The maximum atomic E-state index is 13.1. The predicted octanol–water partition coefficient (Wildman–Crippen LogP) is 3.19. The van der Waals surface area contributed by atoms with Crippen molar-refractivity contribution in [2.45, 2.75) is 18.8 Å². The molecule has 1 aliphatic heterocycles. The van der Waals surface area contributed by atoms with Crippen LogP contribution in [-0.4, -0.2) is 47.1 Å². The number of nitrogens with zero attached hydrogens (tertiary/aromatic N) is 3. The van der Waals surface area contributed by atoms with Crippen LogP contribution >= 0.6 is 0 Å². The van der Waals surface area contributed by atoms with Crippen molar-refractivity contribution in [3.63, 3.8) is 0 Å². The van der Waals surface area contributed by atoms with Crippen molar-refractivity contribution >= 4 is 11.9 Å². The molecule has 0 unspecified atom stereocenters. The maximum Gasteiger partial charge on any atom is 0.337 e. The Morgan fingerprint density at radius 3 is 2.28 bits per heavy atom. The summed E-state index contributed by atoms with van der Waals surface area (Å²) in [4.78, 5) is 30.9. The first-order valence-corrected chi connectivity index (χ1v) is 9.39. The molecule has 148 valence electrons. The molecule has 0 aliphatic carbocycles. The molecule has 0 radical (unpaired) electrons. The molecule has 2 atom stereocenters. The van der Waals surface area contributed by atoms with E-state index in [0.717, 1.165) is 5.56 Å². The molecular weight excluding hydrogens is 370 g/mol. The van der Waals surface area contributed by atoms with E-state index < -0.39 is 5.97 Å². The fourth-order valence-corrected chi connectivity index (χ4v) is 3.77. The van der Waals surface area contributed by atoms with Gasteiger partial charge in [0.25, 0.3) is 5.91 Å². The monoisotopic (exact) mass is 391 g/mol. The van der Waals surface area contributed by atoms with Crippen LogP contribution in [0.3, 0.4) is 0 Å². The van der Waals surface area contributed by atoms with Crippen LogP contribution in [0.4, 0.5) is 0 Å². The first-order valence-electron chi connectivity index (χ1n) is 9.39. The summed E-state index contributed by atoms with van der Waals surface area (Å²) >= 11 is 0. The Labute approximate surface area is 168 Å². The topological polar surface area (TPSA) is 85.5 Å². The summed E-state index contributed by atoms with van der Waals surface area (Å²) in [5.41, 5.74) is 2.06. The minimum Gasteiger partial charge on any atom is -0.465 e. The van der Waals surface area contributed by atoms with Crippen molar-refractivity contribution in [3.05, 3.63) is 83.0 Å². The van der Waals surface area contributed by atoms with Gasteiger partial charge in [0, 0.05) is 24.6 Å². The second-order valence-corrected chi connectivity index (χ2v) is 7.08. The van der Waals surface area contributed by atoms with Crippen molar-refractivity contribution in [3.8, 4) is 0 Å². The average Bonchev–Trinajstić information content (AvgIpc) is 3.40. The lowest BCUT2D eigenvalue weighted by atomic mass is 9.89. The van der Waals surface area contributed by atoms with Gasteiger partial charge in [-0.2, -0.15) is 4.98 Å². The fraction of sp³-hybridized carbons (Fsp3) is 0.273. The highest BCUT2D eigenvalue weighted by Gasteiger charge is 2.40. The average molecular weight is 391 g/mol. The van der Waals surface area contributed by atoms with Crippen molar-refractivity contribution in [2.75, 3.05) is 20.2 Å². The van der Waals surface area contributed by atoms with Gasteiger partial charge in [-0.1, -0.05) is 35.5 Å². The van der Waals surface area contributed by atoms with Gasteiger partial charge in [-0.25, -0.2) is 4.79 Å². The summed E-state index contributed by atoms with van der Waals surface area (Å²) in [6.07, 6.45) is 0. The van der Waals surface area contributed by atoms with E-state index >= 15 is 0 Å². The van der Waals surface area contributed by atoms with E-state index in [1.165, 1.54) is 7.11 Å². The molecule has 7 heteroatoms. The number of methoxy groups -OCH3 is 1. The van der Waals surface area contributed by atoms with Gasteiger partial charge < -0.3 is 14.2 Å². The Kier molecular flexibility index (Phi) is 5.12. The van der Waals surface area contributed by atoms with E-state index in [4.69, 9.17) is 9.26 Å². The third kappa shape index (κ3) is 3.76. The van der Waals surface area contributed by atoms with Crippen molar-refractivity contribution in [2.24, 2.45) is 0 Å². The molecule has 0 spiro atoms. The second-order valence-electron chi connectivity index (χ2n) is 7.08. The molecule has 0 saturated carbocycles. The van der Waals surface area contributed by atoms with E-state index in [2.05, 4.69) is 22.3 Å². The molecular formula is C22H21N3O4. The molecule has 29 heavy (non-hydrogen) atoms. The number of carbonyl (C=O) groups is 2. The Balaban J connectivity index is 1.59. The first kappa shape index (κ1) is 18.9. The summed E-state index contributed by atoms with van der Waals surface area (Å²) < 4.78 is 10.1. The number of aromatic nitrogens is 2. The van der Waals surface area contributed by atoms with Crippen LogP contribution in [0.25, 0.3) is 0 Å². The van der Waals surface area contributed by atoms with Crippen LogP contribution in [0.1, 0.15) is 49.8 Å². The number of esters is 1. The number of aryl methyl sites for hydroxylation is 1. The van der Waals surface area contributed by atoms with Gasteiger partial charge >= 0.3 is 5.97 Å². The van der Waals surface area contributed by atoms with E-state index in [0.29, 0.717) is 35.9 Å². The molecule has 3 aromatic rings. The summed E-state index contributed by atoms with van der Waals surface area (Å²) in [5, 5.41) is 3.92. The van der Waals surface area contributed by atoms with E-state index in [1.54, 1.807) is 36.1 Å². The van der Waals surface area contributed by atoms with Gasteiger partial charge in [-0.15, -0.1) is 0 Å². The van der Waals surface area contributed by atoms with E-state index in [1.807, 2.05) is 18.2 Å². The number of amides is 1. The lowest BCUT2D eigenvalue weighted by molar-refractivity contribution is 0.0600. The Hall–Kier alpha value is -3.48. The molecule has 1 aromatic heterocycles. The minimum atomic E-state index is -0.429. The van der Waals surface area contributed by atoms with Crippen LogP contribution in [-0.2, 0) is 4.74 Å². The smallest absolute Gasteiger partial charge is 0.337 e.